The second kappa shape index (κ2) is 13.2. The van der Waals surface area contributed by atoms with Crippen molar-refractivity contribution in [1.82, 2.24) is 0 Å². The van der Waals surface area contributed by atoms with E-state index < -0.39 is 0 Å². The molecule has 0 saturated heterocycles. The van der Waals surface area contributed by atoms with Gasteiger partial charge in [-0.05, 0) is 48.9 Å². The maximum absolute atomic E-state index is 14.1. The van der Waals surface area contributed by atoms with E-state index in [-0.39, 0.29) is 11.6 Å². The third kappa shape index (κ3) is 8.10. The van der Waals surface area contributed by atoms with E-state index in [2.05, 4.69) is 37.5 Å². The Morgan fingerprint density at radius 3 is 1.50 bits per heavy atom. The quantitative estimate of drug-likeness (QED) is 0.312. The van der Waals surface area contributed by atoms with Crippen LogP contribution in [0.5, 0.6) is 0 Å². The molecule has 0 unspecified atom stereocenters. The number of hydrogen-bond donors (Lipinski definition) is 0. The van der Waals surface area contributed by atoms with Crippen LogP contribution in [0, 0.1) is 35.3 Å². The molecule has 0 atom stereocenters. The van der Waals surface area contributed by atoms with Crippen molar-refractivity contribution in [3.05, 3.63) is 82.4 Å². The maximum Gasteiger partial charge on any atom is 0.131 e. The Hall–Kier alpha value is -3.10. The van der Waals surface area contributed by atoms with E-state index in [9.17, 15) is 8.78 Å². The second-order valence-corrected chi connectivity index (χ2v) is 7.06. The summed E-state index contributed by atoms with van der Waals surface area (Å²) in [5.74, 6) is 10.5. The molecule has 30 heavy (non-hydrogen) atoms. The third-order valence-corrected chi connectivity index (χ3v) is 4.52. The lowest BCUT2D eigenvalue weighted by molar-refractivity contribution is 0.624. The van der Waals surface area contributed by atoms with Crippen LogP contribution in [0.25, 0.3) is 12.2 Å². The first-order valence-corrected chi connectivity index (χ1v) is 10.6. The predicted octanol–water partition coefficient (Wildman–Crippen LogP) is 7.77. The number of halogens is 2. The molecule has 0 aliphatic carbocycles. The first-order chi connectivity index (χ1) is 14.6. The number of hydrogen-bond acceptors (Lipinski definition) is 0. The predicted molar refractivity (Wildman–Crippen MR) is 124 cm³/mol. The summed E-state index contributed by atoms with van der Waals surface area (Å²) >= 11 is 0. The van der Waals surface area contributed by atoms with Gasteiger partial charge in [-0.25, -0.2) is 8.78 Å². The molecule has 0 aliphatic rings. The lowest BCUT2D eigenvalue weighted by Gasteiger charge is -1.98. The number of unbranched alkanes of at least 4 members (excludes halogenated alkanes) is 4. The number of benzene rings is 2. The van der Waals surface area contributed by atoms with Gasteiger partial charge < -0.3 is 0 Å². The van der Waals surface area contributed by atoms with E-state index in [0.717, 1.165) is 38.5 Å². The van der Waals surface area contributed by atoms with E-state index in [1.807, 2.05) is 12.2 Å². The van der Waals surface area contributed by atoms with Crippen LogP contribution in [0.3, 0.4) is 0 Å². The average Bonchev–Trinajstić information content (AvgIpc) is 2.74. The highest BCUT2D eigenvalue weighted by Crippen LogP contribution is 2.14. The van der Waals surface area contributed by atoms with E-state index >= 15 is 0 Å². The first-order valence-electron chi connectivity index (χ1n) is 10.6. The number of allylic oxidation sites excluding steroid dienone is 2. The molecule has 0 N–H and O–H groups in total. The fourth-order valence-electron chi connectivity index (χ4n) is 2.75. The largest absolute Gasteiger partial charge is 0.206 e. The fraction of sp³-hybridized carbons (Fsp3) is 0.286. The van der Waals surface area contributed by atoms with Crippen molar-refractivity contribution < 1.29 is 8.78 Å². The lowest BCUT2D eigenvalue weighted by Crippen LogP contribution is -1.85. The monoisotopic (exact) mass is 402 g/mol. The van der Waals surface area contributed by atoms with Gasteiger partial charge in [0.25, 0.3) is 0 Å². The summed E-state index contributed by atoms with van der Waals surface area (Å²) in [5, 5.41) is 0. The van der Waals surface area contributed by atoms with Crippen LogP contribution in [-0.2, 0) is 0 Å². The molecule has 0 fully saturated rings. The summed E-state index contributed by atoms with van der Waals surface area (Å²) in [6.45, 7) is 4.26. The van der Waals surface area contributed by atoms with Gasteiger partial charge in [0.1, 0.15) is 11.6 Å². The van der Waals surface area contributed by atoms with Crippen LogP contribution >= 0.6 is 0 Å². The van der Waals surface area contributed by atoms with Crippen molar-refractivity contribution in [1.29, 1.82) is 0 Å². The molecule has 154 valence electrons. The van der Waals surface area contributed by atoms with Crippen LogP contribution in [0.4, 0.5) is 8.78 Å². The van der Waals surface area contributed by atoms with Gasteiger partial charge >= 0.3 is 0 Å². The van der Waals surface area contributed by atoms with Gasteiger partial charge in [0.05, 0.1) is 0 Å². The molecule has 0 aromatic heterocycles. The molecule has 0 radical (unpaired) electrons. The molecule has 2 heteroatoms. The standard InChI is InChI=1S/C28H28F2/c1-3-5-7-9-15-25-19-17-23(21-27(25)29)13-11-12-14-24-18-20-26(28(30)22-24)16-10-8-6-4-2/h9-10,15-22H,3-8H2,1-2H3/b15-9+,16-10+. The molecule has 2 aromatic rings. The first kappa shape index (κ1) is 23.2. The minimum Gasteiger partial charge on any atom is -0.206 e. The zero-order chi connectivity index (χ0) is 21.6. The van der Waals surface area contributed by atoms with Crippen LogP contribution in [0.1, 0.15) is 74.6 Å². The van der Waals surface area contributed by atoms with Gasteiger partial charge in [-0.3, -0.25) is 0 Å². The smallest absolute Gasteiger partial charge is 0.131 e. The zero-order valence-electron chi connectivity index (χ0n) is 17.8. The van der Waals surface area contributed by atoms with Crippen molar-refractivity contribution in [2.45, 2.75) is 52.4 Å². The highest BCUT2D eigenvalue weighted by molar-refractivity contribution is 5.54. The van der Waals surface area contributed by atoms with E-state index in [1.54, 1.807) is 36.4 Å². The van der Waals surface area contributed by atoms with Gasteiger partial charge in [-0.15, -0.1) is 0 Å². The summed E-state index contributed by atoms with van der Waals surface area (Å²) in [4.78, 5) is 0. The summed E-state index contributed by atoms with van der Waals surface area (Å²) in [7, 11) is 0. The molecule has 0 saturated carbocycles. The SMILES string of the molecule is CCCC/C=C/c1ccc(C#CC#Cc2ccc(/C=C/CCCC)c(F)c2)cc1F. The minimum atomic E-state index is -0.299. The Kier molecular flexibility index (Phi) is 10.2. The minimum absolute atomic E-state index is 0.299. The maximum atomic E-state index is 14.1. The Morgan fingerprint density at radius 2 is 1.13 bits per heavy atom. The van der Waals surface area contributed by atoms with Crippen molar-refractivity contribution in [3.8, 4) is 23.7 Å². The highest BCUT2D eigenvalue weighted by atomic mass is 19.1. The molecule has 0 aliphatic heterocycles. The molecule has 0 amide bonds. The normalized spacial score (nSPS) is 10.7. The molecule has 0 nitrogen and oxygen atoms in total. The topological polar surface area (TPSA) is 0 Å². The summed E-state index contributed by atoms with van der Waals surface area (Å²) in [6, 6.07) is 9.81. The van der Waals surface area contributed by atoms with Gasteiger partial charge in [0.2, 0.25) is 0 Å². The van der Waals surface area contributed by atoms with Crippen molar-refractivity contribution in [3.63, 3.8) is 0 Å². The number of rotatable bonds is 8. The second-order valence-electron chi connectivity index (χ2n) is 7.06. The molecular weight excluding hydrogens is 374 g/mol. The third-order valence-electron chi connectivity index (χ3n) is 4.52. The Bertz CT molecular complexity index is 921. The molecule has 0 bridgehead atoms. The molecule has 2 rings (SSSR count). The summed E-state index contributed by atoms with van der Waals surface area (Å²) in [6.07, 6.45) is 13.9. The average molecular weight is 403 g/mol. The Balaban J connectivity index is 2.01. The highest BCUT2D eigenvalue weighted by Gasteiger charge is 2.00. The van der Waals surface area contributed by atoms with Crippen molar-refractivity contribution >= 4 is 12.2 Å². The van der Waals surface area contributed by atoms with Gasteiger partial charge in [0.15, 0.2) is 0 Å². The summed E-state index contributed by atoms with van der Waals surface area (Å²) in [5.41, 5.74) is 2.24. The zero-order valence-corrected chi connectivity index (χ0v) is 17.8. The van der Waals surface area contributed by atoms with E-state index in [4.69, 9.17) is 0 Å². The van der Waals surface area contributed by atoms with Gasteiger partial charge in [-0.1, -0.05) is 87.8 Å². The Labute approximate surface area is 179 Å². The lowest BCUT2D eigenvalue weighted by atomic mass is 10.1. The fourth-order valence-corrected chi connectivity index (χ4v) is 2.75. The molecular formula is C28H28F2. The summed E-state index contributed by atoms with van der Waals surface area (Å²) < 4.78 is 28.3. The van der Waals surface area contributed by atoms with Crippen molar-refractivity contribution in [2.75, 3.05) is 0 Å². The van der Waals surface area contributed by atoms with E-state index in [1.165, 1.54) is 12.1 Å². The van der Waals surface area contributed by atoms with Crippen LogP contribution < -0.4 is 0 Å². The van der Waals surface area contributed by atoms with E-state index in [0.29, 0.717) is 22.3 Å². The van der Waals surface area contributed by atoms with Crippen LogP contribution in [0.2, 0.25) is 0 Å². The molecule has 0 spiro atoms. The van der Waals surface area contributed by atoms with Gasteiger partial charge in [0, 0.05) is 22.3 Å². The Morgan fingerprint density at radius 1 is 0.700 bits per heavy atom. The van der Waals surface area contributed by atoms with Crippen molar-refractivity contribution in [2.24, 2.45) is 0 Å². The van der Waals surface area contributed by atoms with Crippen LogP contribution in [0.15, 0.2) is 48.6 Å². The van der Waals surface area contributed by atoms with Gasteiger partial charge in [-0.2, -0.15) is 0 Å². The molecule has 2 aromatic carbocycles. The molecule has 0 heterocycles. The van der Waals surface area contributed by atoms with Crippen LogP contribution in [-0.4, -0.2) is 0 Å².